The van der Waals surface area contributed by atoms with Gasteiger partial charge in [0.25, 0.3) is 0 Å². The van der Waals surface area contributed by atoms with Crippen LogP contribution in [-0.2, 0) is 0 Å². The molecule has 0 aliphatic carbocycles. The monoisotopic (exact) mass is 240 g/mol. The van der Waals surface area contributed by atoms with Gasteiger partial charge in [0.15, 0.2) is 0 Å². The predicted octanol–water partition coefficient (Wildman–Crippen LogP) is 0.470. The van der Waals surface area contributed by atoms with E-state index in [9.17, 15) is 0 Å². The zero-order valence-corrected chi connectivity index (χ0v) is 12.7. The van der Waals surface area contributed by atoms with E-state index < -0.39 is 0 Å². The maximum Gasteiger partial charge on any atom is 1.00 e. The molecule has 0 N–H and O–H groups in total. The van der Waals surface area contributed by atoms with Gasteiger partial charge in [-0.2, -0.15) is 0 Å². The van der Waals surface area contributed by atoms with Crippen molar-refractivity contribution in [3.8, 4) is 11.1 Å². The largest absolute Gasteiger partial charge is 1.00 e. The molecule has 0 aliphatic heterocycles. The van der Waals surface area contributed by atoms with Gasteiger partial charge in [-0.3, -0.25) is 0 Å². The van der Waals surface area contributed by atoms with Gasteiger partial charge in [-0.15, -0.1) is 0 Å². The zero-order chi connectivity index (χ0) is 8.23. The minimum atomic E-state index is 0. The fourth-order valence-electron chi connectivity index (χ4n) is 1.26. The van der Waals surface area contributed by atoms with Crippen LogP contribution in [0.1, 0.15) is 1.43 Å². The number of benzene rings is 2. The van der Waals surface area contributed by atoms with Gasteiger partial charge in [0.2, 0.25) is 0 Å². The standard InChI is InChI=1S/C12H10.Rb.H/c1-3-7-11(8-4-1)12-9-5-2-6-10-12;;/h1-10H;;/q;+1;-1. The fourth-order valence-corrected chi connectivity index (χ4v) is 1.26. The van der Waals surface area contributed by atoms with Crippen LogP contribution in [0, 0.1) is 0 Å². The Bertz CT molecular complexity index is 308. The van der Waals surface area contributed by atoms with E-state index in [0.717, 1.165) is 0 Å². The van der Waals surface area contributed by atoms with Gasteiger partial charge in [-0.05, 0) is 11.1 Å². The van der Waals surface area contributed by atoms with Gasteiger partial charge in [-0.1, -0.05) is 60.7 Å². The minimum Gasteiger partial charge on any atom is -1.00 e. The number of hydrogen-bond donors (Lipinski definition) is 0. The van der Waals surface area contributed by atoms with Crippen LogP contribution >= 0.6 is 0 Å². The second-order valence-corrected chi connectivity index (χ2v) is 2.73. The van der Waals surface area contributed by atoms with Crippen LogP contribution in [0.2, 0.25) is 0 Å². The summed E-state index contributed by atoms with van der Waals surface area (Å²) in [7, 11) is 0. The second kappa shape index (κ2) is 5.87. The average Bonchev–Trinajstić information content (AvgIpc) is 2.21. The van der Waals surface area contributed by atoms with E-state index in [4.69, 9.17) is 0 Å². The van der Waals surface area contributed by atoms with Crippen molar-refractivity contribution in [3.05, 3.63) is 60.7 Å². The fraction of sp³-hybridized carbons (Fsp3) is 0. The summed E-state index contributed by atoms with van der Waals surface area (Å²) in [5, 5.41) is 0. The van der Waals surface area contributed by atoms with Crippen molar-refractivity contribution in [3.63, 3.8) is 0 Å². The van der Waals surface area contributed by atoms with Crippen molar-refractivity contribution < 1.29 is 59.6 Å². The summed E-state index contributed by atoms with van der Waals surface area (Å²) in [5.41, 5.74) is 2.55. The van der Waals surface area contributed by atoms with Crippen LogP contribution in [0.3, 0.4) is 0 Å². The second-order valence-electron chi connectivity index (χ2n) is 2.73. The summed E-state index contributed by atoms with van der Waals surface area (Å²) >= 11 is 0. The third-order valence-corrected chi connectivity index (χ3v) is 1.88. The van der Waals surface area contributed by atoms with Crippen molar-refractivity contribution >= 4 is 0 Å². The van der Waals surface area contributed by atoms with Crippen LogP contribution in [0.4, 0.5) is 0 Å². The van der Waals surface area contributed by atoms with Gasteiger partial charge >= 0.3 is 58.2 Å². The Hall–Kier alpha value is 0.245. The van der Waals surface area contributed by atoms with Crippen molar-refractivity contribution in [1.29, 1.82) is 0 Å². The molecule has 2 rings (SSSR count). The summed E-state index contributed by atoms with van der Waals surface area (Å²) in [6.45, 7) is 0. The maximum atomic E-state index is 2.12. The van der Waals surface area contributed by atoms with E-state index >= 15 is 0 Å². The van der Waals surface area contributed by atoms with E-state index in [1.807, 2.05) is 12.1 Å². The average molecular weight is 241 g/mol. The van der Waals surface area contributed by atoms with Gasteiger partial charge in [0.05, 0.1) is 0 Å². The third kappa shape index (κ3) is 3.14. The molecule has 0 atom stereocenters. The maximum absolute atomic E-state index is 2.12. The van der Waals surface area contributed by atoms with Crippen LogP contribution in [0.5, 0.6) is 0 Å². The molecule has 0 saturated heterocycles. The molecule has 0 fully saturated rings. The molecule has 0 aromatic heterocycles. The van der Waals surface area contributed by atoms with Gasteiger partial charge in [0, 0.05) is 0 Å². The molecule has 0 aliphatic rings. The smallest absolute Gasteiger partial charge is 1.00 e. The molecule has 0 radical (unpaired) electrons. The van der Waals surface area contributed by atoms with Gasteiger partial charge in [-0.25, -0.2) is 0 Å². The topological polar surface area (TPSA) is 0 Å². The molecule has 2 aromatic rings. The van der Waals surface area contributed by atoms with E-state index in [1.54, 1.807) is 0 Å². The van der Waals surface area contributed by atoms with Crippen LogP contribution in [0.25, 0.3) is 11.1 Å². The van der Waals surface area contributed by atoms with Crippen LogP contribution < -0.4 is 58.2 Å². The summed E-state index contributed by atoms with van der Waals surface area (Å²) in [4.78, 5) is 0. The Labute approximate surface area is 129 Å². The Morgan fingerprint density at radius 3 is 1.15 bits per heavy atom. The van der Waals surface area contributed by atoms with Crippen molar-refractivity contribution in [2.45, 2.75) is 0 Å². The normalized spacial score (nSPS) is 8.92. The molecular weight excluding hydrogens is 230 g/mol. The number of rotatable bonds is 1. The molecule has 0 nitrogen and oxygen atoms in total. The Kier molecular flexibility index (Phi) is 5.11. The molecule has 0 saturated carbocycles. The zero-order valence-electron chi connectivity index (χ0n) is 8.77. The first-order valence-electron chi connectivity index (χ1n) is 4.07. The van der Waals surface area contributed by atoms with E-state index in [2.05, 4.69) is 48.5 Å². The van der Waals surface area contributed by atoms with E-state index in [-0.39, 0.29) is 59.6 Å². The van der Waals surface area contributed by atoms with Crippen LogP contribution in [-0.4, -0.2) is 0 Å². The Balaban J connectivity index is 0.000000845. The molecule has 0 unspecified atom stereocenters. The van der Waals surface area contributed by atoms with Crippen LogP contribution in [0.15, 0.2) is 60.7 Å². The van der Waals surface area contributed by atoms with E-state index in [0.29, 0.717) is 0 Å². The first-order valence-corrected chi connectivity index (χ1v) is 4.07. The third-order valence-electron chi connectivity index (χ3n) is 1.88. The van der Waals surface area contributed by atoms with Crippen molar-refractivity contribution in [1.82, 2.24) is 0 Å². The van der Waals surface area contributed by atoms with Crippen molar-refractivity contribution in [2.75, 3.05) is 0 Å². The Morgan fingerprint density at radius 2 is 0.846 bits per heavy atom. The van der Waals surface area contributed by atoms with Gasteiger partial charge in [0.1, 0.15) is 0 Å². The molecule has 0 spiro atoms. The quantitative estimate of drug-likeness (QED) is 0.680. The molecule has 0 bridgehead atoms. The summed E-state index contributed by atoms with van der Waals surface area (Å²) in [6.07, 6.45) is 0. The molecule has 2 aromatic carbocycles. The molecular formula is C12H11Rb. The molecule has 1 heteroatoms. The molecule has 0 heterocycles. The Morgan fingerprint density at radius 1 is 0.538 bits per heavy atom. The number of hydrogen-bond acceptors (Lipinski definition) is 0. The predicted molar refractivity (Wildman–Crippen MR) is 53.0 cm³/mol. The van der Waals surface area contributed by atoms with Crippen molar-refractivity contribution in [2.24, 2.45) is 0 Å². The first-order chi connectivity index (χ1) is 5.97. The summed E-state index contributed by atoms with van der Waals surface area (Å²) in [6, 6.07) is 20.8. The SMILES string of the molecule is [H-].[Rb+].c1ccc(-c2ccccc2)cc1. The summed E-state index contributed by atoms with van der Waals surface area (Å²) < 4.78 is 0. The first kappa shape index (κ1) is 11.3. The summed E-state index contributed by atoms with van der Waals surface area (Å²) in [5.74, 6) is 0. The van der Waals surface area contributed by atoms with E-state index in [1.165, 1.54) is 11.1 Å². The van der Waals surface area contributed by atoms with Gasteiger partial charge < -0.3 is 1.43 Å². The minimum absolute atomic E-state index is 0. The molecule has 13 heavy (non-hydrogen) atoms. The molecule has 60 valence electrons. The molecule has 0 amide bonds.